The molecular weight excluding hydrogens is 271 g/mol. The molecular formula is C12H19FN2O3S. The lowest BCUT2D eigenvalue weighted by molar-refractivity contribution is -0.155. The second kappa shape index (κ2) is 5.55. The summed E-state index contributed by atoms with van der Waals surface area (Å²) in [5, 5.41) is 20.9. The fourth-order valence-corrected chi connectivity index (χ4v) is 4.11. The number of thioether (sulfide) groups is 1. The smallest absolute Gasteiger partial charge is 0.162 e. The molecule has 2 saturated heterocycles. The molecule has 0 spiro atoms. The Morgan fingerprint density at radius 3 is 2.74 bits per heavy atom. The van der Waals surface area contributed by atoms with Gasteiger partial charge in [-0.05, 0) is 12.8 Å². The van der Waals surface area contributed by atoms with Gasteiger partial charge in [0.1, 0.15) is 23.7 Å². The van der Waals surface area contributed by atoms with Crippen LogP contribution in [0.15, 0.2) is 4.99 Å². The molecule has 3 heterocycles. The summed E-state index contributed by atoms with van der Waals surface area (Å²) in [6.07, 6.45) is -0.234. The number of alkyl halides is 1. The molecule has 0 aromatic carbocycles. The van der Waals surface area contributed by atoms with Crippen LogP contribution in [0.1, 0.15) is 19.3 Å². The van der Waals surface area contributed by atoms with Crippen molar-refractivity contribution in [2.45, 2.75) is 49.1 Å². The molecule has 2 N–H and O–H groups in total. The second-order valence-corrected chi connectivity index (χ2v) is 6.28. The number of ether oxygens (including phenoxy) is 1. The van der Waals surface area contributed by atoms with Crippen molar-refractivity contribution in [1.29, 1.82) is 0 Å². The van der Waals surface area contributed by atoms with Gasteiger partial charge >= 0.3 is 0 Å². The highest BCUT2D eigenvalue weighted by molar-refractivity contribution is 8.14. The number of nitrogens with zero attached hydrogens (tertiary/aromatic N) is 2. The van der Waals surface area contributed by atoms with Crippen LogP contribution in [0.3, 0.4) is 0 Å². The zero-order chi connectivity index (χ0) is 13.4. The number of fused-ring (bicyclic) bond motifs is 1. The van der Waals surface area contributed by atoms with E-state index in [1.54, 1.807) is 0 Å². The first-order valence-electron chi connectivity index (χ1n) is 6.77. The number of hydrogen-bond acceptors (Lipinski definition) is 6. The summed E-state index contributed by atoms with van der Waals surface area (Å²) in [5.41, 5.74) is -0.300. The van der Waals surface area contributed by atoms with Crippen LogP contribution >= 0.6 is 11.8 Å². The molecule has 0 aliphatic carbocycles. The van der Waals surface area contributed by atoms with Crippen LogP contribution in [0.25, 0.3) is 0 Å². The number of aliphatic imine (C=N–C) groups is 1. The fourth-order valence-electron chi connectivity index (χ4n) is 2.82. The molecule has 3 aliphatic heterocycles. The first-order chi connectivity index (χ1) is 9.20. The van der Waals surface area contributed by atoms with Gasteiger partial charge in [-0.1, -0.05) is 11.8 Å². The molecule has 5 atom stereocenters. The summed E-state index contributed by atoms with van der Waals surface area (Å²) >= 11 is 1.49. The Morgan fingerprint density at radius 2 is 2.05 bits per heavy atom. The van der Waals surface area contributed by atoms with E-state index in [0.29, 0.717) is 0 Å². The normalized spacial score (nSPS) is 42.4. The molecule has 5 nitrogen and oxygen atoms in total. The molecule has 0 saturated carbocycles. The molecule has 0 amide bonds. The summed E-state index contributed by atoms with van der Waals surface area (Å²) in [4.78, 5) is 6.68. The molecule has 3 rings (SSSR count). The van der Waals surface area contributed by atoms with Crippen molar-refractivity contribution in [3.8, 4) is 0 Å². The minimum absolute atomic E-state index is 0.112. The van der Waals surface area contributed by atoms with Crippen molar-refractivity contribution >= 4 is 16.9 Å². The number of hydrogen-bond donors (Lipinski definition) is 2. The van der Waals surface area contributed by atoms with E-state index in [1.165, 1.54) is 11.8 Å². The summed E-state index contributed by atoms with van der Waals surface area (Å²) in [7, 11) is 0. The third-order valence-corrected chi connectivity index (χ3v) is 5.12. The maximum absolute atomic E-state index is 12.4. The van der Waals surface area contributed by atoms with Crippen molar-refractivity contribution in [1.82, 2.24) is 4.90 Å². The van der Waals surface area contributed by atoms with Crippen LogP contribution < -0.4 is 0 Å². The molecule has 19 heavy (non-hydrogen) atoms. The van der Waals surface area contributed by atoms with E-state index >= 15 is 0 Å². The SMILES string of the molecule is O[C@H]1[C@H](O)[C@H](CCF)O[C@@H]2SC(N3CCCC3)=N[C@H]12. The summed E-state index contributed by atoms with van der Waals surface area (Å²) in [5.74, 6) is 0. The van der Waals surface area contributed by atoms with E-state index in [4.69, 9.17) is 4.74 Å². The van der Waals surface area contributed by atoms with Gasteiger partial charge in [0.2, 0.25) is 0 Å². The molecule has 7 heteroatoms. The first-order valence-corrected chi connectivity index (χ1v) is 7.65. The van der Waals surface area contributed by atoms with E-state index in [0.717, 1.165) is 31.1 Å². The van der Waals surface area contributed by atoms with Crippen LogP contribution in [-0.4, -0.2) is 69.8 Å². The Hall–Kier alpha value is -0.370. The van der Waals surface area contributed by atoms with E-state index in [1.807, 2.05) is 0 Å². The Kier molecular flexibility index (Phi) is 3.98. The quantitative estimate of drug-likeness (QED) is 0.769. The van der Waals surface area contributed by atoms with Crippen LogP contribution in [-0.2, 0) is 4.74 Å². The van der Waals surface area contributed by atoms with Crippen molar-refractivity contribution in [3.63, 3.8) is 0 Å². The van der Waals surface area contributed by atoms with Gasteiger partial charge in [0.15, 0.2) is 5.17 Å². The number of aliphatic hydroxyl groups excluding tert-OH is 2. The van der Waals surface area contributed by atoms with Crippen LogP contribution in [0.5, 0.6) is 0 Å². The third-order valence-electron chi connectivity index (χ3n) is 3.92. The van der Waals surface area contributed by atoms with Gasteiger partial charge < -0.3 is 19.8 Å². The molecule has 0 radical (unpaired) electrons. The first kappa shape index (κ1) is 13.6. The van der Waals surface area contributed by atoms with E-state index in [-0.39, 0.29) is 11.9 Å². The molecule has 0 bridgehead atoms. The van der Waals surface area contributed by atoms with Crippen LogP contribution in [0, 0.1) is 0 Å². The van der Waals surface area contributed by atoms with Gasteiger partial charge in [-0.3, -0.25) is 9.38 Å². The molecule has 0 unspecified atom stereocenters. The number of aliphatic hydroxyl groups is 2. The number of halogens is 1. The zero-order valence-corrected chi connectivity index (χ0v) is 11.4. The highest BCUT2D eigenvalue weighted by atomic mass is 32.2. The minimum atomic E-state index is -1.06. The average Bonchev–Trinajstić information content (AvgIpc) is 3.04. The predicted octanol–water partition coefficient (Wildman–Crippen LogP) is 0.360. The molecule has 2 fully saturated rings. The zero-order valence-electron chi connectivity index (χ0n) is 10.6. The van der Waals surface area contributed by atoms with E-state index in [9.17, 15) is 14.6 Å². The molecule has 3 aliphatic rings. The maximum atomic E-state index is 12.4. The van der Waals surface area contributed by atoms with Crippen molar-refractivity contribution in [3.05, 3.63) is 0 Å². The second-order valence-electron chi connectivity index (χ2n) is 5.22. The summed E-state index contributed by atoms with van der Waals surface area (Å²) in [6, 6.07) is -0.438. The highest BCUT2D eigenvalue weighted by Crippen LogP contribution is 2.38. The van der Waals surface area contributed by atoms with Crippen LogP contribution in [0.2, 0.25) is 0 Å². The monoisotopic (exact) mass is 290 g/mol. The van der Waals surface area contributed by atoms with E-state index in [2.05, 4.69) is 9.89 Å². The lowest BCUT2D eigenvalue weighted by Crippen LogP contribution is -2.54. The Balaban J connectivity index is 1.71. The topological polar surface area (TPSA) is 65.3 Å². The van der Waals surface area contributed by atoms with Crippen molar-refractivity contribution < 1.29 is 19.3 Å². The maximum Gasteiger partial charge on any atom is 0.162 e. The molecule has 108 valence electrons. The molecule has 0 aromatic rings. The number of likely N-dealkylation sites (tertiary alicyclic amines) is 1. The lowest BCUT2D eigenvalue weighted by atomic mass is 9.97. The highest BCUT2D eigenvalue weighted by Gasteiger charge is 2.48. The van der Waals surface area contributed by atoms with Gasteiger partial charge in [0.25, 0.3) is 0 Å². The van der Waals surface area contributed by atoms with Crippen molar-refractivity contribution in [2.24, 2.45) is 4.99 Å². The van der Waals surface area contributed by atoms with E-state index < -0.39 is 31.0 Å². The van der Waals surface area contributed by atoms with Gasteiger partial charge in [-0.25, -0.2) is 0 Å². The molecule has 0 aromatic heterocycles. The Morgan fingerprint density at radius 1 is 1.32 bits per heavy atom. The van der Waals surface area contributed by atoms with Crippen molar-refractivity contribution in [2.75, 3.05) is 19.8 Å². The predicted molar refractivity (Wildman–Crippen MR) is 70.9 cm³/mol. The standard InChI is InChI=1S/C12H19FN2O3S/c13-4-3-7-9(16)10(17)8-11(18-7)19-12(14-8)15-5-1-2-6-15/h7-11,16-17H,1-6H2/t7-,8+,9+,10+,11+/m0/s1. The third kappa shape index (κ3) is 2.49. The van der Waals surface area contributed by atoms with Gasteiger partial charge in [-0.15, -0.1) is 0 Å². The number of rotatable bonds is 2. The summed E-state index contributed by atoms with van der Waals surface area (Å²) < 4.78 is 18.1. The lowest BCUT2D eigenvalue weighted by Gasteiger charge is -2.37. The largest absolute Gasteiger partial charge is 0.388 e. The van der Waals surface area contributed by atoms with Crippen LogP contribution in [0.4, 0.5) is 4.39 Å². The Bertz CT molecular complexity index is 365. The summed E-state index contributed by atoms with van der Waals surface area (Å²) in [6.45, 7) is 1.41. The van der Waals surface area contributed by atoms with Gasteiger partial charge in [0, 0.05) is 19.5 Å². The number of amidine groups is 1. The minimum Gasteiger partial charge on any atom is -0.388 e. The van der Waals surface area contributed by atoms with Gasteiger partial charge in [0.05, 0.1) is 12.8 Å². The average molecular weight is 290 g/mol. The Labute approximate surface area is 115 Å². The fraction of sp³-hybridized carbons (Fsp3) is 0.917. The van der Waals surface area contributed by atoms with Gasteiger partial charge in [-0.2, -0.15) is 0 Å².